The first-order valence-electron chi connectivity index (χ1n) is 10.9. The van der Waals surface area contributed by atoms with Gasteiger partial charge in [-0.05, 0) is 54.3 Å². The molecule has 4 N–H and O–H groups in total. The normalized spacial score (nSPS) is 21.2. The van der Waals surface area contributed by atoms with E-state index in [9.17, 15) is 4.79 Å². The molecule has 0 aliphatic carbocycles. The van der Waals surface area contributed by atoms with Gasteiger partial charge in [0.15, 0.2) is 0 Å². The molecule has 3 aromatic rings. The van der Waals surface area contributed by atoms with Gasteiger partial charge in [-0.3, -0.25) is 9.69 Å². The van der Waals surface area contributed by atoms with E-state index in [2.05, 4.69) is 27.3 Å². The second-order valence-electron chi connectivity index (χ2n) is 8.47. The zero-order chi connectivity index (χ0) is 21.3. The quantitative estimate of drug-likeness (QED) is 0.540. The van der Waals surface area contributed by atoms with Crippen LogP contribution in [0.1, 0.15) is 23.2 Å². The van der Waals surface area contributed by atoms with Crippen LogP contribution in [-0.2, 0) is 16.8 Å². The number of fused-ring (bicyclic) bond motifs is 4. The molecular weight excluding hydrogens is 388 g/mol. The summed E-state index contributed by atoms with van der Waals surface area (Å²) in [5.74, 6) is 0.493. The van der Waals surface area contributed by atoms with Crippen molar-refractivity contribution >= 4 is 22.9 Å². The van der Waals surface area contributed by atoms with E-state index in [-0.39, 0.29) is 5.54 Å². The number of ether oxygens (including phenoxy) is 1. The molecule has 2 aliphatic rings. The fourth-order valence-corrected chi connectivity index (χ4v) is 4.97. The van der Waals surface area contributed by atoms with Crippen molar-refractivity contribution in [3.63, 3.8) is 0 Å². The van der Waals surface area contributed by atoms with Crippen molar-refractivity contribution in [3.05, 3.63) is 71.4 Å². The SMILES string of the molecule is NC(=O)/C=C/c1ccc2[nH]c3c(c2c1)CCN[C@@]31CCN(CCOc2ccccc2)C1. The smallest absolute Gasteiger partial charge is 0.241 e. The van der Waals surface area contributed by atoms with Crippen molar-refractivity contribution in [1.82, 2.24) is 15.2 Å². The van der Waals surface area contributed by atoms with Crippen LogP contribution in [0.4, 0.5) is 0 Å². The number of para-hydroxylation sites is 1. The summed E-state index contributed by atoms with van der Waals surface area (Å²) in [5, 5.41) is 5.06. The number of likely N-dealkylation sites (tertiary alicyclic amines) is 1. The number of H-pyrrole nitrogens is 1. The Bertz CT molecular complexity index is 1120. The van der Waals surface area contributed by atoms with Crippen molar-refractivity contribution in [2.45, 2.75) is 18.4 Å². The number of hydrogen-bond acceptors (Lipinski definition) is 4. The Balaban J connectivity index is 1.33. The molecule has 1 fully saturated rings. The van der Waals surface area contributed by atoms with Crippen LogP contribution in [0.3, 0.4) is 0 Å². The molecule has 0 unspecified atom stereocenters. The number of nitrogens with one attached hydrogen (secondary N) is 2. The molecule has 31 heavy (non-hydrogen) atoms. The van der Waals surface area contributed by atoms with E-state index in [1.165, 1.54) is 22.7 Å². The average Bonchev–Trinajstić information content (AvgIpc) is 3.36. The van der Waals surface area contributed by atoms with Crippen molar-refractivity contribution in [3.8, 4) is 5.75 Å². The highest BCUT2D eigenvalue weighted by Crippen LogP contribution is 2.39. The Kier molecular flexibility index (Phi) is 5.26. The van der Waals surface area contributed by atoms with Crippen LogP contribution in [0.25, 0.3) is 17.0 Å². The highest BCUT2D eigenvalue weighted by molar-refractivity contribution is 5.92. The van der Waals surface area contributed by atoms with E-state index >= 15 is 0 Å². The molecule has 1 aromatic heterocycles. The molecule has 6 heteroatoms. The third kappa shape index (κ3) is 3.96. The number of nitrogens with zero attached hydrogens (tertiary/aromatic N) is 1. The van der Waals surface area contributed by atoms with Gasteiger partial charge in [0, 0.05) is 48.9 Å². The molecule has 1 amide bonds. The number of nitrogens with two attached hydrogens (primary N) is 1. The fraction of sp³-hybridized carbons (Fsp3) is 0.320. The summed E-state index contributed by atoms with van der Waals surface area (Å²) in [6, 6.07) is 16.3. The van der Waals surface area contributed by atoms with E-state index in [0.29, 0.717) is 6.61 Å². The number of benzene rings is 2. The fourth-order valence-electron chi connectivity index (χ4n) is 4.97. The van der Waals surface area contributed by atoms with Crippen molar-refractivity contribution in [1.29, 1.82) is 0 Å². The predicted octanol–water partition coefficient (Wildman–Crippen LogP) is 2.79. The maximum absolute atomic E-state index is 11.1. The predicted molar refractivity (Wildman–Crippen MR) is 123 cm³/mol. The van der Waals surface area contributed by atoms with E-state index in [1.54, 1.807) is 6.08 Å². The van der Waals surface area contributed by atoms with Gasteiger partial charge in [-0.15, -0.1) is 0 Å². The highest BCUT2D eigenvalue weighted by atomic mass is 16.5. The highest BCUT2D eigenvalue weighted by Gasteiger charge is 2.43. The lowest BCUT2D eigenvalue weighted by atomic mass is 9.86. The van der Waals surface area contributed by atoms with Crippen LogP contribution in [0.5, 0.6) is 5.75 Å². The number of rotatable bonds is 6. The number of primary amides is 1. The first kappa shape index (κ1) is 19.8. The summed E-state index contributed by atoms with van der Waals surface area (Å²) >= 11 is 0. The Hall–Kier alpha value is -3.09. The Morgan fingerprint density at radius 3 is 2.94 bits per heavy atom. The zero-order valence-corrected chi connectivity index (χ0v) is 17.6. The summed E-state index contributed by atoms with van der Waals surface area (Å²) in [6.07, 6.45) is 5.27. The van der Waals surface area contributed by atoms with Gasteiger partial charge in [0.2, 0.25) is 5.91 Å². The largest absolute Gasteiger partial charge is 0.492 e. The van der Waals surface area contributed by atoms with Crippen LogP contribution in [0.2, 0.25) is 0 Å². The summed E-state index contributed by atoms with van der Waals surface area (Å²) in [6.45, 7) is 4.59. The van der Waals surface area contributed by atoms with Crippen LogP contribution in [0.15, 0.2) is 54.6 Å². The van der Waals surface area contributed by atoms with Crippen molar-refractivity contribution in [2.24, 2.45) is 5.73 Å². The minimum Gasteiger partial charge on any atom is -0.492 e. The van der Waals surface area contributed by atoms with Gasteiger partial charge in [0.25, 0.3) is 0 Å². The lowest BCUT2D eigenvalue weighted by Gasteiger charge is -2.35. The van der Waals surface area contributed by atoms with Gasteiger partial charge >= 0.3 is 0 Å². The number of carbonyl (C=O) groups excluding carboxylic acids is 1. The minimum absolute atomic E-state index is 0.0391. The molecule has 1 spiro atoms. The van der Waals surface area contributed by atoms with Crippen molar-refractivity contribution in [2.75, 3.05) is 32.8 Å². The summed E-state index contributed by atoms with van der Waals surface area (Å²) in [5.41, 5.74) is 10.1. The van der Waals surface area contributed by atoms with Gasteiger partial charge in [-0.2, -0.15) is 0 Å². The molecule has 5 rings (SSSR count). The summed E-state index contributed by atoms with van der Waals surface area (Å²) in [4.78, 5) is 17.3. The molecule has 2 aromatic carbocycles. The Labute approximate surface area is 182 Å². The average molecular weight is 417 g/mol. The molecule has 2 aliphatic heterocycles. The van der Waals surface area contributed by atoms with Gasteiger partial charge < -0.3 is 20.8 Å². The van der Waals surface area contributed by atoms with Gasteiger partial charge in [0.1, 0.15) is 12.4 Å². The van der Waals surface area contributed by atoms with E-state index in [1.807, 2.05) is 36.4 Å². The zero-order valence-electron chi connectivity index (χ0n) is 17.6. The molecule has 1 atom stereocenters. The van der Waals surface area contributed by atoms with Crippen LogP contribution in [-0.4, -0.2) is 48.6 Å². The second-order valence-corrected chi connectivity index (χ2v) is 8.47. The van der Waals surface area contributed by atoms with Gasteiger partial charge in [-0.25, -0.2) is 0 Å². The maximum Gasteiger partial charge on any atom is 0.241 e. The molecular formula is C25H28N4O2. The van der Waals surface area contributed by atoms with Crippen LogP contribution < -0.4 is 15.8 Å². The lowest BCUT2D eigenvalue weighted by Crippen LogP contribution is -2.49. The maximum atomic E-state index is 11.1. The Morgan fingerprint density at radius 1 is 1.23 bits per heavy atom. The molecule has 0 bridgehead atoms. The van der Waals surface area contributed by atoms with E-state index in [0.717, 1.165) is 55.9 Å². The molecule has 1 saturated heterocycles. The lowest BCUT2D eigenvalue weighted by molar-refractivity contribution is -0.113. The second kappa shape index (κ2) is 8.21. The number of carbonyl (C=O) groups is 1. The standard InChI is InChI=1S/C25H28N4O2/c26-23(30)9-7-18-6-8-22-21(16-18)20-10-12-27-25(24(20)28-22)11-13-29(17-25)14-15-31-19-4-2-1-3-5-19/h1-9,16,27-28H,10-15,17H2,(H2,26,30)/b9-7+/t25-/m1/s1. The number of amides is 1. The minimum atomic E-state index is -0.429. The third-order valence-corrected chi connectivity index (χ3v) is 6.45. The van der Waals surface area contributed by atoms with Crippen molar-refractivity contribution < 1.29 is 9.53 Å². The molecule has 160 valence electrons. The summed E-state index contributed by atoms with van der Waals surface area (Å²) < 4.78 is 5.90. The van der Waals surface area contributed by atoms with Crippen LogP contribution >= 0.6 is 0 Å². The molecule has 0 radical (unpaired) electrons. The number of aromatic amines is 1. The summed E-state index contributed by atoms with van der Waals surface area (Å²) in [7, 11) is 0. The Morgan fingerprint density at radius 2 is 2.10 bits per heavy atom. The molecule has 3 heterocycles. The number of aromatic nitrogens is 1. The van der Waals surface area contributed by atoms with Gasteiger partial charge in [0.05, 0.1) is 5.54 Å². The number of hydrogen-bond donors (Lipinski definition) is 3. The third-order valence-electron chi connectivity index (χ3n) is 6.45. The molecule has 6 nitrogen and oxygen atoms in total. The first-order chi connectivity index (χ1) is 15.1. The van der Waals surface area contributed by atoms with E-state index in [4.69, 9.17) is 10.5 Å². The monoisotopic (exact) mass is 416 g/mol. The topological polar surface area (TPSA) is 83.4 Å². The molecule has 0 saturated carbocycles. The first-order valence-corrected chi connectivity index (χ1v) is 10.9. The van der Waals surface area contributed by atoms with Crippen LogP contribution in [0, 0.1) is 0 Å². The van der Waals surface area contributed by atoms with Gasteiger partial charge in [-0.1, -0.05) is 24.3 Å². The van der Waals surface area contributed by atoms with E-state index < -0.39 is 5.91 Å².